The van der Waals surface area contributed by atoms with Crippen molar-refractivity contribution in [1.29, 1.82) is 0 Å². The number of fused-ring (bicyclic) bond motifs is 1. The molecule has 152 valence electrons. The summed E-state index contributed by atoms with van der Waals surface area (Å²) in [6.07, 6.45) is 2.01. The number of rotatable bonds is 5. The van der Waals surface area contributed by atoms with Crippen LogP contribution in [-0.4, -0.2) is 24.8 Å². The van der Waals surface area contributed by atoms with E-state index in [0.29, 0.717) is 5.75 Å². The fraction of sp³-hybridized carbons (Fsp3) is 0.160. The number of para-hydroxylation sites is 1. The molecule has 0 aliphatic carbocycles. The van der Waals surface area contributed by atoms with Gasteiger partial charge in [0.2, 0.25) is 0 Å². The van der Waals surface area contributed by atoms with Crippen molar-refractivity contribution in [1.82, 2.24) is 4.57 Å². The lowest BCUT2D eigenvalue weighted by Gasteiger charge is -2.33. The van der Waals surface area contributed by atoms with Crippen molar-refractivity contribution in [2.24, 2.45) is 7.05 Å². The number of methoxy groups -OCH3 is 2. The zero-order chi connectivity index (χ0) is 21.3. The lowest BCUT2D eigenvalue weighted by molar-refractivity contribution is -0.144. The van der Waals surface area contributed by atoms with Crippen LogP contribution in [0.5, 0.6) is 5.75 Å². The Hall–Kier alpha value is -3.05. The summed E-state index contributed by atoms with van der Waals surface area (Å²) in [6.45, 7) is 0. The van der Waals surface area contributed by atoms with Gasteiger partial charge < -0.3 is 14.0 Å². The molecule has 1 atom stereocenters. The number of nitrogens with zero attached hydrogens (tertiary/aromatic N) is 1. The first-order valence-electron chi connectivity index (χ1n) is 9.56. The van der Waals surface area contributed by atoms with Crippen molar-refractivity contribution >= 4 is 32.8 Å². The molecule has 0 bridgehead atoms. The molecule has 0 N–H and O–H groups in total. The van der Waals surface area contributed by atoms with Crippen LogP contribution in [0.3, 0.4) is 0 Å². The minimum absolute atomic E-state index is 0.367. The number of hydrogen-bond acceptors (Lipinski definition) is 3. The van der Waals surface area contributed by atoms with Crippen LogP contribution in [-0.2, 0) is 22.0 Å². The van der Waals surface area contributed by atoms with E-state index in [4.69, 9.17) is 9.47 Å². The average Bonchev–Trinajstić information content (AvgIpc) is 3.11. The highest BCUT2D eigenvalue weighted by Gasteiger charge is 2.48. The van der Waals surface area contributed by atoms with Gasteiger partial charge in [-0.15, -0.1) is 0 Å². The van der Waals surface area contributed by atoms with E-state index in [1.165, 1.54) is 7.11 Å². The second-order valence-corrected chi connectivity index (χ2v) is 8.04. The van der Waals surface area contributed by atoms with Gasteiger partial charge in [-0.2, -0.15) is 0 Å². The van der Waals surface area contributed by atoms with Gasteiger partial charge in [-0.05, 0) is 23.8 Å². The molecule has 0 aliphatic heterocycles. The number of hydrogen-bond donors (Lipinski definition) is 0. The maximum atomic E-state index is 13.7. The molecule has 1 aromatic heterocycles. The molecule has 1 unspecified atom stereocenters. The number of halogens is 1. The summed E-state index contributed by atoms with van der Waals surface area (Å²) in [4.78, 5) is 13.7. The first-order valence-corrected chi connectivity index (χ1v) is 10.4. The summed E-state index contributed by atoms with van der Waals surface area (Å²) >= 11 is 3.56. The van der Waals surface area contributed by atoms with E-state index in [2.05, 4.69) is 15.9 Å². The Labute approximate surface area is 184 Å². The summed E-state index contributed by atoms with van der Waals surface area (Å²) in [5, 5.41) is 0.973. The maximum Gasteiger partial charge on any atom is 0.325 e. The topological polar surface area (TPSA) is 40.5 Å². The fourth-order valence-electron chi connectivity index (χ4n) is 4.25. The largest absolute Gasteiger partial charge is 0.496 e. The summed E-state index contributed by atoms with van der Waals surface area (Å²) in [5.41, 5.74) is 2.21. The van der Waals surface area contributed by atoms with E-state index in [1.807, 2.05) is 90.6 Å². The van der Waals surface area contributed by atoms with Crippen LogP contribution in [0.15, 0.2) is 83.5 Å². The Morgan fingerprint density at radius 2 is 1.63 bits per heavy atom. The third kappa shape index (κ3) is 3.01. The molecule has 5 heteroatoms. The Bertz CT molecular complexity index is 1220. The number of benzene rings is 3. The minimum atomic E-state index is -1.20. The minimum Gasteiger partial charge on any atom is -0.496 e. The Morgan fingerprint density at radius 3 is 2.33 bits per heavy atom. The standard InChI is InChI=1S/C25H22BrNO3/c1-27-16-21(19-14-13-18(26)15-22(19)27)25(24(28)30-3,17-9-5-4-6-10-17)20-11-7-8-12-23(20)29-2/h4-16H,1-3H3. The predicted molar refractivity (Wildman–Crippen MR) is 122 cm³/mol. The smallest absolute Gasteiger partial charge is 0.325 e. The molecule has 1 heterocycles. The zero-order valence-electron chi connectivity index (χ0n) is 17.1. The van der Waals surface area contributed by atoms with Crippen LogP contribution in [0.4, 0.5) is 0 Å². The highest BCUT2D eigenvalue weighted by molar-refractivity contribution is 9.10. The van der Waals surface area contributed by atoms with Crippen LogP contribution in [0.2, 0.25) is 0 Å². The molecule has 0 saturated heterocycles. The van der Waals surface area contributed by atoms with Gasteiger partial charge in [-0.3, -0.25) is 4.79 Å². The molecule has 0 aliphatic rings. The summed E-state index contributed by atoms with van der Waals surface area (Å²) < 4.78 is 14.2. The molecule has 4 rings (SSSR count). The van der Waals surface area contributed by atoms with E-state index in [9.17, 15) is 4.79 Å². The van der Waals surface area contributed by atoms with Gasteiger partial charge in [0.15, 0.2) is 0 Å². The van der Waals surface area contributed by atoms with E-state index in [-0.39, 0.29) is 5.97 Å². The number of ether oxygens (including phenoxy) is 2. The van der Waals surface area contributed by atoms with Crippen molar-refractivity contribution < 1.29 is 14.3 Å². The van der Waals surface area contributed by atoms with Crippen LogP contribution in [0, 0.1) is 0 Å². The van der Waals surface area contributed by atoms with Crippen molar-refractivity contribution in [2.45, 2.75) is 5.41 Å². The highest BCUT2D eigenvalue weighted by atomic mass is 79.9. The molecule has 0 radical (unpaired) electrons. The van der Waals surface area contributed by atoms with Crippen molar-refractivity contribution in [3.63, 3.8) is 0 Å². The summed E-state index contributed by atoms with van der Waals surface area (Å²) in [7, 11) is 5.02. The quantitative estimate of drug-likeness (QED) is 0.369. The van der Waals surface area contributed by atoms with Gasteiger partial charge >= 0.3 is 5.97 Å². The monoisotopic (exact) mass is 463 g/mol. The lowest BCUT2D eigenvalue weighted by atomic mass is 9.69. The fourth-order valence-corrected chi connectivity index (χ4v) is 4.59. The molecule has 0 fully saturated rings. The second-order valence-electron chi connectivity index (χ2n) is 7.12. The van der Waals surface area contributed by atoms with Crippen LogP contribution in [0.25, 0.3) is 10.9 Å². The summed E-state index contributed by atoms with van der Waals surface area (Å²) in [5.74, 6) is 0.259. The number of aryl methyl sites for hydroxylation is 1. The van der Waals surface area contributed by atoms with Crippen LogP contribution >= 0.6 is 15.9 Å². The molecule has 4 nitrogen and oxygen atoms in total. The van der Waals surface area contributed by atoms with Crippen molar-refractivity contribution in [2.75, 3.05) is 14.2 Å². The Balaban J connectivity index is 2.21. The molecule has 3 aromatic carbocycles. The molecule has 0 amide bonds. The van der Waals surface area contributed by atoms with Gasteiger partial charge in [0.25, 0.3) is 0 Å². The Kier molecular flexibility index (Phi) is 5.39. The molecule has 30 heavy (non-hydrogen) atoms. The number of aromatic nitrogens is 1. The van der Waals surface area contributed by atoms with Crippen molar-refractivity contribution in [3.8, 4) is 5.75 Å². The first kappa shape index (κ1) is 20.2. The number of carbonyl (C=O) groups is 1. The van der Waals surface area contributed by atoms with Crippen LogP contribution in [0.1, 0.15) is 16.7 Å². The molecule has 4 aromatic rings. The average molecular weight is 464 g/mol. The van der Waals surface area contributed by atoms with E-state index >= 15 is 0 Å². The number of esters is 1. The third-order valence-corrected chi connectivity index (χ3v) is 6.06. The first-order chi connectivity index (χ1) is 14.5. The van der Waals surface area contributed by atoms with E-state index in [1.54, 1.807) is 7.11 Å². The highest BCUT2D eigenvalue weighted by Crippen LogP contribution is 2.47. The van der Waals surface area contributed by atoms with E-state index in [0.717, 1.165) is 32.1 Å². The summed E-state index contributed by atoms with van der Waals surface area (Å²) in [6, 6.07) is 23.4. The van der Waals surface area contributed by atoms with Gasteiger partial charge in [0.1, 0.15) is 11.2 Å². The third-order valence-electron chi connectivity index (χ3n) is 5.57. The molecule has 0 saturated carbocycles. The zero-order valence-corrected chi connectivity index (χ0v) is 18.6. The maximum absolute atomic E-state index is 13.7. The predicted octanol–water partition coefficient (Wildman–Crippen LogP) is 5.46. The normalized spacial score (nSPS) is 13.1. The molecule has 0 spiro atoms. The lowest BCUT2D eigenvalue weighted by Crippen LogP contribution is -2.39. The van der Waals surface area contributed by atoms with Gasteiger partial charge in [-0.1, -0.05) is 70.5 Å². The van der Waals surface area contributed by atoms with Gasteiger partial charge in [0, 0.05) is 39.7 Å². The van der Waals surface area contributed by atoms with E-state index < -0.39 is 5.41 Å². The van der Waals surface area contributed by atoms with Gasteiger partial charge in [0.05, 0.1) is 14.2 Å². The van der Waals surface area contributed by atoms with Crippen molar-refractivity contribution in [3.05, 3.63) is 100 Å². The second kappa shape index (κ2) is 8.00. The molecular weight excluding hydrogens is 442 g/mol. The van der Waals surface area contributed by atoms with Crippen LogP contribution < -0.4 is 4.74 Å². The SMILES string of the molecule is COC(=O)C(c1ccccc1)(c1ccccc1OC)c1cn(C)c2cc(Br)ccc12. The van der Waals surface area contributed by atoms with Gasteiger partial charge in [-0.25, -0.2) is 0 Å². The Morgan fingerprint density at radius 1 is 0.933 bits per heavy atom. The molecular formula is C25H22BrNO3. The number of carbonyl (C=O) groups excluding carboxylic acids is 1.